The highest BCUT2D eigenvalue weighted by atomic mass is 19.4. The van der Waals surface area contributed by atoms with Crippen LogP contribution in [0.4, 0.5) is 13.2 Å². The minimum atomic E-state index is -5.08. The van der Waals surface area contributed by atoms with Gasteiger partial charge in [0.25, 0.3) is 0 Å². The molecule has 0 fully saturated rings. The van der Waals surface area contributed by atoms with Crippen LogP contribution in [0.25, 0.3) is 0 Å². The van der Waals surface area contributed by atoms with Gasteiger partial charge in [-0.3, -0.25) is 0 Å². The van der Waals surface area contributed by atoms with Gasteiger partial charge in [-0.05, 0) is 0 Å². The van der Waals surface area contributed by atoms with E-state index in [-0.39, 0.29) is 0 Å². The summed E-state index contributed by atoms with van der Waals surface area (Å²) in [7, 11) is 1.00. The van der Waals surface area contributed by atoms with Crippen molar-refractivity contribution in [1.29, 1.82) is 0 Å². The van der Waals surface area contributed by atoms with Crippen molar-refractivity contribution < 1.29 is 28.2 Å². The molecule has 0 aromatic heterocycles. The van der Waals surface area contributed by atoms with Crippen LogP contribution in [0.15, 0.2) is 0 Å². The average Bonchev–Trinajstić information content (AvgIpc) is 1.95. The summed E-state index contributed by atoms with van der Waals surface area (Å²) in [6.07, 6.45) is -5.08. The van der Waals surface area contributed by atoms with Crippen LogP contribution in [0.1, 0.15) is 13.8 Å². The number of aliphatic hydroxyl groups is 1. The van der Waals surface area contributed by atoms with Gasteiger partial charge in [-0.2, -0.15) is 13.2 Å². The minimum Gasteiger partial charge on any atom is -0.475 e. The van der Waals surface area contributed by atoms with Gasteiger partial charge in [0.2, 0.25) is 0 Å². The van der Waals surface area contributed by atoms with Crippen molar-refractivity contribution in [2.45, 2.75) is 20.0 Å². The molecule has 0 saturated heterocycles. The molecule has 0 aromatic rings. The first-order valence-electron chi connectivity index (χ1n) is 2.69. The molecule has 0 spiro atoms. The topological polar surface area (TPSA) is 57.5 Å². The van der Waals surface area contributed by atoms with Crippen molar-refractivity contribution in [2.24, 2.45) is 0 Å². The van der Waals surface area contributed by atoms with E-state index in [0.717, 1.165) is 7.11 Å². The summed E-state index contributed by atoms with van der Waals surface area (Å²) in [6.45, 7) is 4.00. The second kappa shape index (κ2) is 9.22. The number of carboxylic acid groups (broad SMARTS) is 1. The molecule has 11 heavy (non-hydrogen) atoms. The number of hydrogen-bond acceptors (Lipinski definition) is 2. The van der Waals surface area contributed by atoms with Gasteiger partial charge in [0.05, 0.1) is 0 Å². The Kier molecular flexibility index (Phi) is 14.0. The fraction of sp³-hybridized carbons (Fsp3) is 0.800. The van der Waals surface area contributed by atoms with Crippen LogP contribution in [0.2, 0.25) is 0 Å². The fourth-order valence-corrected chi connectivity index (χ4v) is 0. The highest BCUT2D eigenvalue weighted by molar-refractivity contribution is 5.73. The quantitative estimate of drug-likeness (QED) is 0.584. The number of alkyl halides is 3. The van der Waals surface area contributed by atoms with E-state index in [2.05, 4.69) is 0 Å². The van der Waals surface area contributed by atoms with Gasteiger partial charge in [0, 0.05) is 7.11 Å². The zero-order valence-corrected chi connectivity index (χ0v) is 6.44. The molecule has 0 saturated carbocycles. The Morgan fingerprint density at radius 3 is 1.27 bits per heavy atom. The monoisotopic (exact) mass is 176 g/mol. The van der Waals surface area contributed by atoms with E-state index in [9.17, 15) is 13.2 Å². The number of hydrogen-bond donors (Lipinski definition) is 2. The lowest BCUT2D eigenvalue weighted by molar-refractivity contribution is -0.192. The molecule has 0 unspecified atom stereocenters. The number of halogens is 3. The van der Waals surface area contributed by atoms with Crippen LogP contribution in [-0.2, 0) is 4.79 Å². The third-order valence-corrected chi connectivity index (χ3v) is 0.243. The summed E-state index contributed by atoms with van der Waals surface area (Å²) in [4.78, 5) is 8.90. The Balaban J connectivity index is -0.000000138. The lowest BCUT2D eigenvalue weighted by Crippen LogP contribution is -2.21. The molecular formula is C5H11F3O3. The maximum Gasteiger partial charge on any atom is 0.490 e. The maximum absolute atomic E-state index is 10.6. The van der Waals surface area contributed by atoms with E-state index in [0.29, 0.717) is 0 Å². The van der Waals surface area contributed by atoms with Crippen molar-refractivity contribution in [3.63, 3.8) is 0 Å². The van der Waals surface area contributed by atoms with Crippen molar-refractivity contribution in [3.05, 3.63) is 0 Å². The summed E-state index contributed by atoms with van der Waals surface area (Å²) in [6, 6.07) is 0. The standard InChI is InChI=1S/C2HF3O2.C2H6.CH4O/c3-2(4,5)1(6)7;2*1-2/h(H,6,7);1-2H3;2H,1H3. The highest BCUT2D eigenvalue weighted by Crippen LogP contribution is 2.13. The van der Waals surface area contributed by atoms with Gasteiger partial charge in [0.15, 0.2) is 0 Å². The van der Waals surface area contributed by atoms with E-state index in [1.54, 1.807) is 0 Å². The number of carbonyl (C=O) groups is 1. The predicted octanol–water partition coefficient (Wildman–Crippen LogP) is 1.27. The first-order valence-corrected chi connectivity index (χ1v) is 2.69. The molecule has 0 rings (SSSR count). The van der Waals surface area contributed by atoms with Crippen molar-refractivity contribution >= 4 is 5.97 Å². The second-order valence-electron chi connectivity index (χ2n) is 0.803. The third-order valence-electron chi connectivity index (χ3n) is 0.243. The van der Waals surface area contributed by atoms with Gasteiger partial charge in [-0.15, -0.1) is 0 Å². The maximum atomic E-state index is 10.6. The van der Waals surface area contributed by atoms with E-state index in [1.165, 1.54) is 0 Å². The largest absolute Gasteiger partial charge is 0.490 e. The van der Waals surface area contributed by atoms with Gasteiger partial charge >= 0.3 is 12.1 Å². The predicted molar refractivity (Wildman–Crippen MR) is 33.2 cm³/mol. The van der Waals surface area contributed by atoms with E-state index < -0.39 is 12.1 Å². The van der Waals surface area contributed by atoms with Crippen LogP contribution < -0.4 is 0 Å². The molecule has 3 nitrogen and oxygen atoms in total. The molecule has 0 aliphatic heterocycles. The van der Waals surface area contributed by atoms with Crippen LogP contribution in [-0.4, -0.2) is 29.5 Å². The summed E-state index contributed by atoms with van der Waals surface area (Å²) in [5.74, 6) is -2.76. The molecule has 0 radical (unpaired) electrons. The number of carboxylic acids is 1. The van der Waals surface area contributed by atoms with Gasteiger partial charge in [-0.25, -0.2) is 4.79 Å². The Morgan fingerprint density at radius 2 is 1.27 bits per heavy atom. The van der Waals surface area contributed by atoms with E-state index in [1.807, 2.05) is 13.8 Å². The summed E-state index contributed by atoms with van der Waals surface area (Å²) in [5, 5.41) is 14.1. The molecule has 0 amide bonds. The molecule has 0 heterocycles. The normalized spacial score (nSPS) is 8.27. The summed E-state index contributed by atoms with van der Waals surface area (Å²) < 4.78 is 31.7. The number of rotatable bonds is 0. The van der Waals surface area contributed by atoms with Crippen molar-refractivity contribution in [1.82, 2.24) is 0 Å². The lowest BCUT2D eigenvalue weighted by atomic mass is 10.7. The third kappa shape index (κ3) is 17.6. The number of aliphatic hydroxyl groups excluding tert-OH is 1. The molecule has 0 aliphatic carbocycles. The summed E-state index contributed by atoms with van der Waals surface area (Å²) in [5.41, 5.74) is 0. The Hall–Kier alpha value is -0.780. The lowest BCUT2D eigenvalue weighted by Gasteiger charge is -1.93. The van der Waals surface area contributed by atoms with Crippen LogP contribution in [0.3, 0.4) is 0 Å². The molecular weight excluding hydrogens is 165 g/mol. The van der Waals surface area contributed by atoms with Gasteiger partial charge in [0.1, 0.15) is 0 Å². The molecule has 70 valence electrons. The average molecular weight is 176 g/mol. The minimum absolute atomic E-state index is 1.00. The Labute approximate surface area is 62.5 Å². The van der Waals surface area contributed by atoms with Crippen LogP contribution in [0.5, 0.6) is 0 Å². The second-order valence-corrected chi connectivity index (χ2v) is 0.803. The first-order chi connectivity index (χ1) is 4.94. The Bertz CT molecular complexity index is 89.5. The molecule has 6 heteroatoms. The van der Waals surface area contributed by atoms with Crippen molar-refractivity contribution in [2.75, 3.05) is 7.11 Å². The highest BCUT2D eigenvalue weighted by Gasteiger charge is 2.38. The van der Waals surface area contributed by atoms with Gasteiger partial charge < -0.3 is 10.2 Å². The molecule has 0 aliphatic rings. The number of aliphatic carboxylic acids is 1. The summed E-state index contributed by atoms with van der Waals surface area (Å²) >= 11 is 0. The van der Waals surface area contributed by atoms with E-state index in [4.69, 9.17) is 15.0 Å². The van der Waals surface area contributed by atoms with Crippen molar-refractivity contribution in [3.8, 4) is 0 Å². The molecule has 0 aromatic carbocycles. The van der Waals surface area contributed by atoms with Gasteiger partial charge in [-0.1, -0.05) is 13.8 Å². The zero-order chi connectivity index (χ0) is 10.1. The zero-order valence-electron chi connectivity index (χ0n) is 6.44. The molecule has 2 N–H and O–H groups in total. The smallest absolute Gasteiger partial charge is 0.475 e. The van der Waals surface area contributed by atoms with Crippen LogP contribution in [0, 0.1) is 0 Å². The molecule has 0 atom stereocenters. The van der Waals surface area contributed by atoms with Crippen LogP contribution >= 0.6 is 0 Å². The fourth-order valence-electron chi connectivity index (χ4n) is 0. The SMILES string of the molecule is CC.CO.O=C(O)C(F)(F)F. The molecule has 0 bridgehead atoms. The Morgan fingerprint density at radius 1 is 1.18 bits per heavy atom. The van der Waals surface area contributed by atoms with E-state index >= 15 is 0 Å². The first kappa shape index (κ1) is 16.7.